The van der Waals surface area contributed by atoms with Gasteiger partial charge in [0, 0.05) is 0 Å². The van der Waals surface area contributed by atoms with E-state index in [1.54, 1.807) is 6.92 Å². The second-order valence-corrected chi connectivity index (χ2v) is 5.83. The number of rotatable bonds is 1. The molecule has 0 saturated heterocycles. The van der Waals surface area contributed by atoms with Crippen LogP contribution in [-0.4, -0.2) is 13.2 Å². The van der Waals surface area contributed by atoms with E-state index in [2.05, 4.69) is 0 Å². The lowest BCUT2D eigenvalue weighted by molar-refractivity contribution is 0.544. The third kappa shape index (κ3) is 0.787. The van der Waals surface area contributed by atoms with E-state index in [0.717, 1.165) is 0 Å². The van der Waals surface area contributed by atoms with Crippen LogP contribution >= 0.6 is 0 Å². The van der Waals surface area contributed by atoms with Gasteiger partial charge in [-0.1, -0.05) is 13.8 Å². The number of sulfonamides is 1. The number of hydrogen-bond acceptors (Lipinski definition) is 2. The monoisotopic (exact) mass is 163 g/mol. The van der Waals surface area contributed by atoms with Crippen molar-refractivity contribution < 1.29 is 8.42 Å². The lowest BCUT2D eigenvalue weighted by atomic mass is 10.1. The molecule has 0 aromatic carbocycles. The second-order valence-electron chi connectivity index (χ2n) is 3.84. The van der Waals surface area contributed by atoms with Gasteiger partial charge in [0.15, 0.2) is 0 Å². The van der Waals surface area contributed by atoms with Crippen molar-refractivity contribution in [1.82, 2.24) is 0 Å². The Hall–Kier alpha value is -0.0900. The molecule has 0 bridgehead atoms. The van der Waals surface area contributed by atoms with Crippen LogP contribution in [0, 0.1) is 5.41 Å². The first-order valence-electron chi connectivity index (χ1n) is 3.23. The van der Waals surface area contributed by atoms with E-state index in [4.69, 9.17) is 5.14 Å². The Balaban J connectivity index is 3.00. The molecule has 10 heavy (non-hydrogen) atoms. The molecule has 1 rings (SSSR count). The average Bonchev–Trinajstić information content (AvgIpc) is 2.05. The van der Waals surface area contributed by atoms with Crippen LogP contribution in [0.4, 0.5) is 0 Å². The van der Waals surface area contributed by atoms with Gasteiger partial charge in [-0.05, 0) is 18.8 Å². The van der Waals surface area contributed by atoms with Gasteiger partial charge in [0.25, 0.3) is 0 Å². The summed E-state index contributed by atoms with van der Waals surface area (Å²) >= 11 is 0. The molecular formula is C6H13NO2S. The molecule has 0 aliphatic heterocycles. The molecular weight excluding hydrogens is 150 g/mol. The normalized spacial score (nSPS) is 37.6. The van der Waals surface area contributed by atoms with Crippen molar-refractivity contribution >= 4 is 10.0 Å². The highest BCUT2D eigenvalue weighted by Gasteiger charge is 2.65. The molecule has 2 N–H and O–H groups in total. The molecule has 1 aliphatic rings. The summed E-state index contributed by atoms with van der Waals surface area (Å²) in [6.07, 6.45) is 0.679. The summed E-state index contributed by atoms with van der Waals surface area (Å²) in [5, 5.41) is 5.02. The highest BCUT2D eigenvalue weighted by molar-refractivity contribution is 7.90. The minimum Gasteiger partial charge on any atom is -0.228 e. The molecule has 1 atom stereocenters. The zero-order chi connectivity index (χ0) is 8.21. The van der Waals surface area contributed by atoms with E-state index in [0.29, 0.717) is 6.42 Å². The Morgan fingerprint density at radius 2 is 1.60 bits per heavy atom. The van der Waals surface area contributed by atoms with Crippen molar-refractivity contribution in [1.29, 1.82) is 0 Å². The van der Waals surface area contributed by atoms with E-state index in [-0.39, 0.29) is 5.41 Å². The fourth-order valence-corrected chi connectivity index (χ4v) is 2.62. The van der Waals surface area contributed by atoms with Gasteiger partial charge in [-0.15, -0.1) is 0 Å². The number of nitrogens with two attached hydrogens (primary N) is 1. The first kappa shape index (κ1) is 8.01. The summed E-state index contributed by atoms with van der Waals surface area (Å²) in [5.41, 5.74) is -0.124. The molecule has 0 aromatic heterocycles. The zero-order valence-electron chi connectivity index (χ0n) is 6.51. The van der Waals surface area contributed by atoms with E-state index >= 15 is 0 Å². The average molecular weight is 163 g/mol. The summed E-state index contributed by atoms with van der Waals surface area (Å²) in [5.74, 6) is 0. The van der Waals surface area contributed by atoms with Crippen LogP contribution in [0.3, 0.4) is 0 Å². The fraction of sp³-hybridized carbons (Fsp3) is 1.00. The van der Waals surface area contributed by atoms with Gasteiger partial charge in [-0.25, -0.2) is 13.6 Å². The molecule has 0 radical (unpaired) electrons. The highest BCUT2D eigenvalue weighted by atomic mass is 32.2. The third-order valence-corrected chi connectivity index (χ3v) is 4.67. The Kier molecular flexibility index (Phi) is 1.25. The molecule has 1 saturated carbocycles. The van der Waals surface area contributed by atoms with Crippen molar-refractivity contribution in [3.05, 3.63) is 0 Å². The maximum absolute atomic E-state index is 10.9. The van der Waals surface area contributed by atoms with Gasteiger partial charge in [-0.2, -0.15) is 0 Å². The van der Waals surface area contributed by atoms with Crippen LogP contribution < -0.4 is 5.14 Å². The number of primary sulfonamides is 1. The highest BCUT2D eigenvalue weighted by Crippen LogP contribution is 2.59. The summed E-state index contributed by atoms with van der Waals surface area (Å²) in [6.45, 7) is 5.52. The molecule has 60 valence electrons. The summed E-state index contributed by atoms with van der Waals surface area (Å²) in [7, 11) is -3.34. The standard InChI is InChI=1S/C6H13NO2S/c1-5(2)4-6(5,3)10(7,8)9/h4H2,1-3H3,(H2,7,8,9). The largest absolute Gasteiger partial charge is 0.228 e. The van der Waals surface area contributed by atoms with E-state index in [1.807, 2.05) is 13.8 Å². The fourth-order valence-electron chi connectivity index (χ4n) is 1.28. The molecule has 1 aliphatic carbocycles. The zero-order valence-corrected chi connectivity index (χ0v) is 7.33. The maximum Gasteiger partial charge on any atom is 0.215 e. The lowest BCUT2D eigenvalue weighted by Gasteiger charge is -2.10. The van der Waals surface area contributed by atoms with Gasteiger partial charge in [0.05, 0.1) is 4.75 Å². The second kappa shape index (κ2) is 1.56. The van der Waals surface area contributed by atoms with Crippen molar-refractivity contribution in [3.63, 3.8) is 0 Å². The minimum absolute atomic E-state index is 0.124. The molecule has 4 heteroatoms. The minimum atomic E-state index is -3.34. The molecule has 3 nitrogen and oxygen atoms in total. The van der Waals surface area contributed by atoms with Gasteiger partial charge < -0.3 is 0 Å². The van der Waals surface area contributed by atoms with Crippen LogP contribution in [0.2, 0.25) is 0 Å². The van der Waals surface area contributed by atoms with Gasteiger partial charge in [0.2, 0.25) is 10.0 Å². The van der Waals surface area contributed by atoms with Crippen molar-refractivity contribution in [2.24, 2.45) is 10.6 Å². The first-order valence-corrected chi connectivity index (χ1v) is 4.78. The van der Waals surface area contributed by atoms with Crippen molar-refractivity contribution in [2.45, 2.75) is 31.9 Å². The van der Waals surface area contributed by atoms with Crippen LogP contribution in [-0.2, 0) is 10.0 Å². The van der Waals surface area contributed by atoms with Crippen LogP contribution in [0.25, 0.3) is 0 Å². The summed E-state index contributed by atoms with van der Waals surface area (Å²) in [6, 6.07) is 0. The molecule has 0 aromatic rings. The quantitative estimate of drug-likeness (QED) is 0.610. The van der Waals surface area contributed by atoms with E-state index in [9.17, 15) is 8.42 Å². The molecule has 1 fully saturated rings. The smallest absolute Gasteiger partial charge is 0.215 e. The van der Waals surface area contributed by atoms with Crippen LogP contribution in [0.1, 0.15) is 27.2 Å². The Labute approximate surface area is 61.7 Å². The number of hydrogen-bond donors (Lipinski definition) is 1. The van der Waals surface area contributed by atoms with E-state index in [1.165, 1.54) is 0 Å². The van der Waals surface area contributed by atoms with E-state index < -0.39 is 14.8 Å². The molecule has 0 spiro atoms. The Bertz CT molecular complexity index is 255. The maximum atomic E-state index is 10.9. The van der Waals surface area contributed by atoms with Gasteiger partial charge in [-0.3, -0.25) is 0 Å². The Morgan fingerprint density at radius 3 is 1.60 bits per heavy atom. The predicted molar refractivity (Wildman–Crippen MR) is 39.9 cm³/mol. The van der Waals surface area contributed by atoms with Gasteiger partial charge in [0.1, 0.15) is 0 Å². The molecule has 0 heterocycles. The summed E-state index contributed by atoms with van der Waals surface area (Å²) in [4.78, 5) is 0. The van der Waals surface area contributed by atoms with Crippen LogP contribution in [0.15, 0.2) is 0 Å². The third-order valence-electron chi connectivity index (χ3n) is 2.71. The Morgan fingerprint density at radius 1 is 1.30 bits per heavy atom. The predicted octanol–water partition coefficient (Wildman–Crippen LogP) is 0.464. The molecule has 1 unspecified atom stereocenters. The van der Waals surface area contributed by atoms with Crippen molar-refractivity contribution in [2.75, 3.05) is 0 Å². The topological polar surface area (TPSA) is 60.2 Å². The first-order chi connectivity index (χ1) is 4.21. The van der Waals surface area contributed by atoms with Crippen LogP contribution in [0.5, 0.6) is 0 Å². The summed E-state index contributed by atoms with van der Waals surface area (Å²) < 4.78 is 21.2. The van der Waals surface area contributed by atoms with Crippen molar-refractivity contribution in [3.8, 4) is 0 Å². The molecule has 0 amide bonds. The lowest BCUT2D eigenvalue weighted by Crippen LogP contribution is -2.31. The SMILES string of the molecule is CC1(C)CC1(C)S(N)(=O)=O. The van der Waals surface area contributed by atoms with Gasteiger partial charge >= 0.3 is 0 Å².